The molecule has 1 rings (SSSR count). The summed E-state index contributed by atoms with van der Waals surface area (Å²) in [5.74, 6) is -0.633. The minimum Gasteiger partial charge on any atom is -0.347 e. The monoisotopic (exact) mass is 157 g/mol. The molecule has 62 valence electrons. The fourth-order valence-electron chi connectivity index (χ4n) is 1.04. The highest BCUT2D eigenvalue weighted by Crippen LogP contribution is 2.23. The van der Waals surface area contributed by atoms with E-state index in [1.54, 1.807) is 0 Å². The van der Waals surface area contributed by atoms with Crippen molar-refractivity contribution in [3.8, 4) is 0 Å². The van der Waals surface area contributed by atoms with Crippen LogP contribution in [-0.2, 0) is 9.47 Å². The fourth-order valence-corrected chi connectivity index (χ4v) is 1.04. The van der Waals surface area contributed by atoms with Crippen molar-refractivity contribution in [3.05, 3.63) is 10.4 Å². The van der Waals surface area contributed by atoms with Crippen molar-refractivity contribution in [1.29, 1.82) is 0 Å². The highest BCUT2D eigenvalue weighted by molar-refractivity contribution is 4.75. The Bertz CT molecular complexity index is 171. The first-order valence-corrected chi connectivity index (χ1v) is 3.62. The van der Waals surface area contributed by atoms with Gasteiger partial charge in [-0.3, -0.25) is 0 Å². The van der Waals surface area contributed by atoms with E-state index in [-0.39, 0.29) is 6.54 Å². The van der Waals surface area contributed by atoms with Crippen molar-refractivity contribution >= 4 is 0 Å². The molecule has 1 saturated heterocycles. The number of hydrogen-bond donors (Lipinski definition) is 0. The molecule has 0 aromatic carbocycles. The van der Waals surface area contributed by atoms with Crippen LogP contribution in [0.4, 0.5) is 0 Å². The summed E-state index contributed by atoms with van der Waals surface area (Å²) >= 11 is 0. The Morgan fingerprint density at radius 1 is 1.55 bits per heavy atom. The zero-order chi connectivity index (χ0) is 8.16. The summed E-state index contributed by atoms with van der Waals surface area (Å²) in [6, 6.07) is 0. The van der Waals surface area contributed by atoms with E-state index in [4.69, 9.17) is 15.0 Å². The minimum absolute atomic E-state index is 0.264. The molecule has 5 nitrogen and oxygen atoms in total. The zero-order valence-corrected chi connectivity index (χ0v) is 6.49. The summed E-state index contributed by atoms with van der Waals surface area (Å²) in [5, 5.41) is 3.43. The second-order valence-electron chi connectivity index (χ2n) is 2.35. The smallest absolute Gasteiger partial charge is 0.173 e. The van der Waals surface area contributed by atoms with Crippen molar-refractivity contribution in [2.75, 3.05) is 19.8 Å². The molecule has 1 aliphatic heterocycles. The van der Waals surface area contributed by atoms with Crippen LogP contribution < -0.4 is 0 Å². The van der Waals surface area contributed by atoms with E-state index in [9.17, 15) is 0 Å². The van der Waals surface area contributed by atoms with E-state index in [1.807, 2.05) is 6.92 Å². The van der Waals surface area contributed by atoms with E-state index >= 15 is 0 Å². The number of ether oxygens (including phenoxy) is 2. The molecule has 1 heterocycles. The molecule has 0 N–H and O–H groups in total. The van der Waals surface area contributed by atoms with Crippen molar-refractivity contribution in [2.24, 2.45) is 5.11 Å². The molecule has 0 bridgehead atoms. The quantitative estimate of drug-likeness (QED) is 0.353. The van der Waals surface area contributed by atoms with Crippen molar-refractivity contribution in [3.63, 3.8) is 0 Å². The Hall–Kier alpha value is -0.770. The zero-order valence-electron chi connectivity index (χ0n) is 6.49. The standard InChI is InChI=1S/C6H11N3O2/c1-2-6(5-8-9-7)10-3-4-11-6/h2-5H2,1H3. The third-order valence-electron chi connectivity index (χ3n) is 1.73. The Kier molecular flexibility index (Phi) is 2.70. The molecule has 0 aromatic heterocycles. The molecule has 0 radical (unpaired) electrons. The van der Waals surface area contributed by atoms with Crippen LogP contribution in [0, 0.1) is 0 Å². The SMILES string of the molecule is CCC1(CN=[N+]=[N-])OCCO1. The third kappa shape index (κ3) is 1.83. The summed E-state index contributed by atoms with van der Waals surface area (Å²) in [7, 11) is 0. The van der Waals surface area contributed by atoms with E-state index in [2.05, 4.69) is 10.0 Å². The van der Waals surface area contributed by atoms with Crippen LogP contribution in [0.5, 0.6) is 0 Å². The van der Waals surface area contributed by atoms with Gasteiger partial charge in [0.15, 0.2) is 5.79 Å². The third-order valence-corrected chi connectivity index (χ3v) is 1.73. The highest BCUT2D eigenvalue weighted by atomic mass is 16.7. The van der Waals surface area contributed by atoms with Crippen molar-refractivity contribution in [2.45, 2.75) is 19.1 Å². The Morgan fingerprint density at radius 2 is 2.18 bits per heavy atom. The first kappa shape index (κ1) is 8.33. The first-order valence-electron chi connectivity index (χ1n) is 3.62. The Morgan fingerprint density at radius 3 is 2.64 bits per heavy atom. The molecule has 11 heavy (non-hydrogen) atoms. The van der Waals surface area contributed by atoms with Crippen molar-refractivity contribution < 1.29 is 9.47 Å². The van der Waals surface area contributed by atoms with E-state index in [0.29, 0.717) is 19.6 Å². The number of nitrogens with zero attached hydrogens (tertiary/aromatic N) is 3. The van der Waals surface area contributed by atoms with Gasteiger partial charge in [-0.1, -0.05) is 12.0 Å². The van der Waals surface area contributed by atoms with Gasteiger partial charge in [-0.2, -0.15) is 0 Å². The average molecular weight is 157 g/mol. The second kappa shape index (κ2) is 3.57. The van der Waals surface area contributed by atoms with Gasteiger partial charge in [0.2, 0.25) is 0 Å². The lowest BCUT2D eigenvalue weighted by Crippen LogP contribution is -2.32. The maximum atomic E-state index is 8.08. The van der Waals surface area contributed by atoms with Crippen LogP contribution in [-0.4, -0.2) is 25.5 Å². The van der Waals surface area contributed by atoms with E-state index in [0.717, 1.165) is 0 Å². The molecule has 0 unspecified atom stereocenters. The van der Waals surface area contributed by atoms with Gasteiger partial charge < -0.3 is 9.47 Å². The first-order chi connectivity index (χ1) is 5.33. The fraction of sp³-hybridized carbons (Fsp3) is 1.00. The van der Waals surface area contributed by atoms with Gasteiger partial charge in [0.25, 0.3) is 0 Å². The van der Waals surface area contributed by atoms with Crippen molar-refractivity contribution in [1.82, 2.24) is 0 Å². The molecule has 5 heteroatoms. The largest absolute Gasteiger partial charge is 0.347 e. The molecule has 0 aliphatic carbocycles. The van der Waals surface area contributed by atoms with Crippen LogP contribution in [0.1, 0.15) is 13.3 Å². The summed E-state index contributed by atoms with van der Waals surface area (Å²) < 4.78 is 10.6. The number of azide groups is 1. The van der Waals surface area contributed by atoms with Gasteiger partial charge in [-0.15, -0.1) is 0 Å². The van der Waals surface area contributed by atoms with Gasteiger partial charge in [0.1, 0.15) is 0 Å². The lowest BCUT2D eigenvalue weighted by Gasteiger charge is -2.22. The summed E-state index contributed by atoms with van der Waals surface area (Å²) in [5.41, 5.74) is 8.08. The van der Waals surface area contributed by atoms with Crippen LogP contribution in [0.2, 0.25) is 0 Å². The Labute approximate surface area is 64.9 Å². The lowest BCUT2D eigenvalue weighted by atomic mass is 10.2. The van der Waals surface area contributed by atoms with Gasteiger partial charge in [-0.25, -0.2) is 0 Å². The molecule has 0 amide bonds. The molecular weight excluding hydrogens is 146 g/mol. The van der Waals surface area contributed by atoms with Gasteiger partial charge >= 0.3 is 0 Å². The Balaban J connectivity index is 2.51. The van der Waals surface area contributed by atoms with Gasteiger partial charge in [0, 0.05) is 4.91 Å². The predicted octanol–water partition coefficient (Wildman–Crippen LogP) is 1.45. The maximum absolute atomic E-state index is 8.08. The van der Waals surface area contributed by atoms with Crippen LogP contribution >= 0.6 is 0 Å². The molecule has 0 atom stereocenters. The minimum atomic E-state index is -0.633. The molecule has 0 aromatic rings. The topological polar surface area (TPSA) is 67.2 Å². The van der Waals surface area contributed by atoms with Crippen LogP contribution in [0.15, 0.2) is 5.11 Å². The van der Waals surface area contributed by atoms with E-state index in [1.165, 1.54) is 0 Å². The number of rotatable bonds is 3. The summed E-state index contributed by atoms with van der Waals surface area (Å²) in [6.07, 6.45) is 0.714. The summed E-state index contributed by atoms with van der Waals surface area (Å²) in [6.45, 7) is 3.39. The normalized spacial score (nSPS) is 21.2. The molecule has 0 spiro atoms. The second-order valence-corrected chi connectivity index (χ2v) is 2.35. The van der Waals surface area contributed by atoms with E-state index < -0.39 is 5.79 Å². The highest BCUT2D eigenvalue weighted by Gasteiger charge is 2.33. The molecular formula is C6H11N3O2. The average Bonchev–Trinajstić information content (AvgIpc) is 2.50. The van der Waals surface area contributed by atoms with Crippen LogP contribution in [0.3, 0.4) is 0 Å². The van der Waals surface area contributed by atoms with Gasteiger partial charge in [0.05, 0.1) is 19.8 Å². The number of hydrogen-bond acceptors (Lipinski definition) is 3. The predicted molar refractivity (Wildman–Crippen MR) is 38.9 cm³/mol. The molecule has 1 fully saturated rings. The molecule has 0 saturated carbocycles. The van der Waals surface area contributed by atoms with Gasteiger partial charge in [-0.05, 0) is 12.0 Å². The summed E-state index contributed by atoms with van der Waals surface area (Å²) in [4.78, 5) is 2.66. The maximum Gasteiger partial charge on any atom is 0.173 e. The van der Waals surface area contributed by atoms with Crippen LogP contribution in [0.25, 0.3) is 10.4 Å². The lowest BCUT2D eigenvalue weighted by molar-refractivity contribution is -0.150. The molecule has 1 aliphatic rings.